The van der Waals surface area contributed by atoms with Gasteiger partial charge in [0, 0.05) is 15.2 Å². The summed E-state index contributed by atoms with van der Waals surface area (Å²) in [5.74, 6) is 0.846. The minimum atomic E-state index is -0.142. The third-order valence-electron chi connectivity index (χ3n) is 5.06. The third kappa shape index (κ3) is 4.33. The summed E-state index contributed by atoms with van der Waals surface area (Å²) in [5.41, 5.74) is 2.09. The van der Waals surface area contributed by atoms with Gasteiger partial charge in [-0.2, -0.15) is 0 Å². The maximum absolute atomic E-state index is 6.04. The van der Waals surface area contributed by atoms with Gasteiger partial charge in [-0.1, -0.05) is 58.9 Å². The second-order valence-electron chi connectivity index (χ2n) is 6.91. The van der Waals surface area contributed by atoms with E-state index in [-0.39, 0.29) is 6.04 Å². The molecule has 0 spiro atoms. The van der Waals surface area contributed by atoms with E-state index in [0.29, 0.717) is 11.1 Å². The number of hydrogen-bond donors (Lipinski definition) is 1. The predicted molar refractivity (Wildman–Crippen MR) is 111 cm³/mol. The standard InChI is InChI=1S/C20H21BrClN5/c21-15-8-6-14(7-9-15)19(23-17-12-10-16(22)11-13-17)20-24-25-26-27(20)18-4-2-1-3-5-18/h6-13,18-19,23H,1-5H2. The van der Waals surface area contributed by atoms with Crippen molar-refractivity contribution in [3.63, 3.8) is 0 Å². The van der Waals surface area contributed by atoms with Crippen LogP contribution in [0.15, 0.2) is 53.0 Å². The van der Waals surface area contributed by atoms with Gasteiger partial charge in [-0.25, -0.2) is 4.68 Å². The lowest BCUT2D eigenvalue weighted by atomic mass is 9.95. The molecule has 1 atom stereocenters. The first-order valence-corrected chi connectivity index (χ1v) is 10.4. The molecule has 27 heavy (non-hydrogen) atoms. The molecule has 3 aromatic rings. The molecule has 1 aliphatic carbocycles. The summed E-state index contributed by atoms with van der Waals surface area (Å²) < 4.78 is 3.07. The van der Waals surface area contributed by atoms with Crippen molar-refractivity contribution in [2.45, 2.75) is 44.2 Å². The van der Waals surface area contributed by atoms with E-state index in [1.165, 1.54) is 19.3 Å². The average molecular weight is 447 g/mol. The number of nitrogens with zero attached hydrogens (tertiary/aromatic N) is 4. The zero-order valence-electron chi connectivity index (χ0n) is 14.9. The molecule has 1 N–H and O–H groups in total. The van der Waals surface area contributed by atoms with Crippen LogP contribution in [0.3, 0.4) is 0 Å². The summed E-state index contributed by atoms with van der Waals surface area (Å²) in [7, 11) is 0. The number of anilines is 1. The molecule has 2 aromatic carbocycles. The van der Waals surface area contributed by atoms with E-state index < -0.39 is 0 Å². The molecule has 0 radical (unpaired) electrons. The molecular weight excluding hydrogens is 426 g/mol. The van der Waals surface area contributed by atoms with Crippen LogP contribution in [-0.2, 0) is 0 Å². The molecule has 0 amide bonds. The van der Waals surface area contributed by atoms with Gasteiger partial charge in [0.25, 0.3) is 0 Å². The molecule has 5 nitrogen and oxygen atoms in total. The predicted octanol–water partition coefficient (Wildman–Crippen LogP) is 5.80. The number of halogens is 2. The Morgan fingerprint density at radius 3 is 2.41 bits per heavy atom. The van der Waals surface area contributed by atoms with Crippen LogP contribution in [0.5, 0.6) is 0 Å². The molecule has 1 aromatic heterocycles. The summed E-state index contributed by atoms with van der Waals surface area (Å²) in [5, 5.41) is 17.1. The van der Waals surface area contributed by atoms with Crippen molar-refractivity contribution in [1.82, 2.24) is 20.2 Å². The highest BCUT2D eigenvalue weighted by molar-refractivity contribution is 9.10. The van der Waals surface area contributed by atoms with Crippen LogP contribution < -0.4 is 5.32 Å². The second-order valence-corrected chi connectivity index (χ2v) is 8.26. The Kier molecular flexibility index (Phi) is 5.74. The highest BCUT2D eigenvalue weighted by atomic mass is 79.9. The molecule has 0 aliphatic heterocycles. The monoisotopic (exact) mass is 445 g/mol. The number of tetrazole rings is 1. The van der Waals surface area contributed by atoms with Crippen LogP contribution in [0.1, 0.15) is 55.6 Å². The molecule has 4 rings (SSSR count). The molecule has 1 saturated carbocycles. The average Bonchev–Trinajstić information content (AvgIpc) is 3.19. The van der Waals surface area contributed by atoms with Crippen LogP contribution in [0.4, 0.5) is 5.69 Å². The lowest BCUT2D eigenvalue weighted by molar-refractivity contribution is 0.315. The molecule has 1 heterocycles. The Labute approximate surface area is 172 Å². The second kappa shape index (κ2) is 8.40. The van der Waals surface area contributed by atoms with E-state index in [1.54, 1.807) is 0 Å². The number of aromatic nitrogens is 4. The van der Waals surface area contributed by atoms with Gasteiger partial charge < -0.3 is 5.32 Å². The molecule has 1 unspecified atom stereocenters. The molecular formula is C20H21BrClN5. The van der Waals surface area contributed by atoms with Crippen LogP contribution in [0, 0.1) is 0 Å². The van der Waals surface area contributed by atoms with Crippen molar-refractivity contribution < 1.29 is 0 Å². The SMILES string of the molecule is Clc1ccc(NC(c2ccc(Br)cc2)c2nnnn2C2CCCCC2)cc1. The van der Waals surface area contributed by atoms with Crippen LogP contribution in [0.2, 0.25) is 5.02 Å². The zero-order chi connectivity index (χ0) is 18.6. The Hall–Kier alpha value is -1.92. The Morgan fingerprint density at radius 2 is 1.70 bits per heavy atom. The van der Waals surface area contributed by atoms with E-state index in [4.69, 9.17) is 11.6 Å². The van der Waals surface area contributed by atoms with Gasteiger partial charge in [0.05, 0.1) is 6.04 Å². The van der Waals surface area contributed by atoms with Crippen LogP contribution in [-0.4, -0.2) is 20.2 Å². The van der Waals surface area contributed by atoms with Gasteiger partial charge in [0.1, 0.15) is 6.04 Å². The van der Waals surface area contributed by atoms with Gasteiger partial charge in [0.15, 0.2) is 5.82 Å². The van der Waals surface area contributed by atoms with Gasteiger partial charge in [-0.3, -0.25) is 0 Å². The van der Waals surface area contributed by atoms with Gasteiger partial charge in [-0.15, -0.1) is 5.10 Å². The summed E-state index contributed by atoms with van der Waals surface area (Å²) in [6, 6.07) is 16.2. The smallest absolute Gasteiger partial charge is 0.178 e. The first-order valence-electron chi connectivity index (χ1n) is 9.26. The Bertz CT molecular complexity index is 872. The van der Waals surface area contributed by atoms with Crippen molar-refractivity contribution in [3.8, 4) is 0 Å². The van der Waals surface area contributed by atoms with Crippen LogP contribution >= 0.6 is 27.5 Å². The van der Waals surface area contributed by atoms with E-state index in [2.05, 4.69) is 48.9 Å². The van der Waals surface area contributed by atoms with Crippen molar-refractivity contribution in [2.24, 2.45) is 0 Å². The number of nitrogens with one attached hydrogen (secondary N) is 1. The largest absolute Gasteiger partial charge is 0.371 e. The van der Waals surface area contributed by atoms with E-state index in [1.807, 2.05) is 41.1 Å². The van der Waals surface area contributed by atoms with Crippen molar-refractivity contribution in [1.29, 1.82) is 0 Å². The Balaban J connectivity index is 1.70. The quantitative estimate of drug-likeness (QED) is 0.538. The van der Waals surface area contributed by atoms with Crippen LogP contribution in [0.25, 0.3) is 0 Å². The lowest BCUT2D eigenvalue weighted by Gasteiger charge is -2.26. The van der Waals surface area contributed by atoms with Crippen molar-refractivity contribution in [2.75, 3.05) is 5.32 Å². The molecule has 140 valence electrons. The normalized spacial score (nSPS) is 16.2. The maximum atomic E-state index is 6.04. The van der Waals surface area contributed by atoms with Gasteiger partial charge >= 0.3 is 0 Å². The fourth-order valence-corrected chi connectivity index (χ4v) is 4.03. The molecule has 0 saturated heterocycles. The van der Waals surface area contributed by atoms with Crippen molar-refractivity contribution in [3.05, 3.63) is 69.4 Å². The first kappa shape index (κ1) is 18.4. The third-order valence-corrected chi connectivity index (χ3v) is 5.84. The maximum Gasteiger partial charge on any atom is 0.178 e. The molecule has 1 aliphatic rings. The fraction of sp³-hybridized carbons (Fsp3) is 0.350. The van der Waals surface area contributed by atoms with E-state index in [0.717, 1.165) is 34.4 Å². The fourth-order valence-electron chi connectivity index (χ4n) is 3.64. The summed E-state index contributed by atoms with van der Waals surface area (Å²) in [6.07, 6.45) is 6.03. The topological polar surface area (TPSA) is 55.6 Å². The molecule has 1 fully saturated rings. The first-order chi connectivity index (χ1) is 13.2. The van der Waals surface area contributed by atoms with Gasteiger partial charge in [-0.05, 0) is 65.2 Å². The minimum Gasteiger partial charge on any atom is -0.371 e. The Morgan fingerprint density at radius 1 is 1.00 bits per heavy atom. The highest BCUT2D eigenvalue weighted by Gasteiger charge is 2.26. The zero-order valence-corrected chi connectivity index (χ0v) is 17.2. The van der Waals surface area contributed by atoms with E-state index >= 15 is 0 Å². The number of rotatable bonds is 5. The minimum absolute atomic E-state index is 0.142. The molecule has 0 bridgehead atoms. The summed E-state index contributed by atoms with van der Waals surface area (Å²) in [4.78, 5) is 0. The lowest BCUT2D eigenvalue weighted by Crippen LogP contribution is -2.23. The highest BCUT2D eigenvalue weighted by Crippen LogP contribution is 2.32. The van der Waals surface area contributed by atoms with Gasteiger partial charge in [0.2, 0.25) is 0 Å². The number of hydrogen-bond acceptors (Lipinski definition) is 4. The van der Waals surface area contributed by atoms with Crippen molar-refractivity contribution >= 4 is 33.2 Å². The summed E-state index contributed by atoms with van der Waals surface area (Å²) >= 11 is 9.55. The number of benzene rings is 2. The summed E-state index contributed by atoms with van der Waals surface area (Å²) in [6.45, 7) is 0. The molecule has 7 heteroatoms. The van der Waals surface area contributed by atoms with E-state index in [9.17, 15) is 0 Å².